The van der Waals surface area contributed by atoms with Crippen LogP contribution in [-0.2, 0) is 24.3 Å². The summed E-state index contributed by atoms with van der Waals surface area (Å²) >= 11 is 0. The lowest BCUT2D eigenvalue weighted by molar-refractivity contribution is -0.153. The van der Waals surface area contributed by atoms with E-state index in [-0.39, 0.29) is 36.8 Å². The van der Waals surface area contributed by atoms with E-state index in [0.29, 0.717) is 0 Å². The highest BCUT2D eigenvalue weighted by Gasteiger charge is 2.38. The summed E-state index contributed by atoms with van der Waals surface area (Å²) < 4.78 is 31.2. The van der Waals surface area contributed by atoms with E-state index in [0.717, 1.165) is 5.56 Å². The third kappa shape index (κ3) is 3.36. The highest BCUT2D eigenvalue weighted by atomic mass is 32.2. The van der Waals surface area contributed by atoms with E-state index in [9.17, 15) is 18.0 Å². The predicted octanol–water partition coefficient (Wildman–Crippen LogP) is 1.14. The van der Waals surface area contributed by atoms with Crippen molar-refractivity contribution >= 4 is 21.8 Å². The first kappa shape index (κ1) is 16.6. The van der Waals surface area contributed by atoms with Crippen molar-refractivity contribution in [3.8, 4) is 0 Å². The summed E-state index contributed by atoms with van der Waals surface area (Å²) in [6.45, 7) is 3.60. The molecule has 7 heteroatoms. The molecule has 6 nitrogen and oxygen atoms in total. The third-order valence-corrected chi connectivity index (χ3v) is 5.49. The molecule has 0 spiro atoms. The second kappa shape index (κ2) is 6.58. The summed E-state index contributed by atoms with van der Waals surface area (Å²) in [5.41, 5.74) is 0.956. The van der Waals surface area contributed by atoms with E-state index in [1.807, 2.05) is 6.92 Å². The minimum absolute atomic E-state index is 0.0224. The second-order valence-electron chi connectivity index (χ2n) is 5.20. The number of aryl methyl sites for hydroxylation is 1. The number of nitrogens with zero attached hydrogens (tertiary/aromatic N) is 1. The van der Waals surface area contributed by atoms with Crippen LogP contribution in [0.25, 0.3) is 0 Å². The molecule has 0 amide bonds. The molecule has 1 saturated heterocycles. The van der Waals surface area contributed by atoms with Crippen LogP contribution in [0.5, 0.6) is 0 Å². The molecule has 0 radical (unpaired) electrons. The number of benzene rings is 1. The van der Waals surface area contributed by atoms with Crippen LogP contribution in [0.15, 0.2) is 29.2 Å². The molecule has 0 unspecified atom stereocenters. The van der Waals surface area contributed by atoms with Crippen LogP contribution in [-0.4, -0.2) is 44.2 Å². The summed E-state index contributed by atoms with van der Waals surface area (Å²) in [7, 11) is -3.71. The maximum Gasteiger partial charge on any atom is 0.317 e. The molecule has 2 rings (SSSR count). The van der Waals surface area contributed by atoms with Gasteiger partial charge in [0.25, 0.3) is 0 Å². The Morgan fingerprint density at radius 1 is 1.32 bits per heavy atom. The first-order valence-electron chi connectivity index (χ1n) is 7.12. The maximum atomic E-state index is 12.6. The fourth-order valence-corrected chi connectivity index (χ4v) is 3.79. The summed E-state index contributed by atoms with van der Waals surface area (Å²) in [5.74, 6) is -1.96. The van der Waals surface area contributed by atoms with E-state index in [4.69, 9.17) is 4.74 Å². The van der Waals surface area contributed by atoms with Gasteiger partial charge in [0.1, 0.15) is 11.7 Å². The van der Waals surface area contributed by atoms with E-state index in [1.54, 1.807) is 19.1 Å². The molecule has 0 saturated carbocycles. The Hall–Kier alpha value is -1.73. The monoisotopic (exact) mass is 325 g/mol. The first-order chi connectivity index (χ1) is 10.4. The van der Waals surface area contributed by atoms with Gasteiger partial charge in [-0.1, -0.05) is 17.7 Å². The molecule has 1 fully saturated rings. The van der Waals surface area contributed by atoms with Gasteiger partial charge >= 0.3 is 5.97 Å². The molecule has 0 aliphatic carbocycles. The van der Waals surface area contributed by atoms with Crippen LogP contribution < -0.4 is 0 Å². The summed E-state index contributed by atoms with van der Waals surface area (Å²) in [4.78, 5) is 23.8. The largest absolute Gasteiger partial charge is 0.465 e. The predicted molar refractivity (Wildman–Crippen MR) is 79.7 cm³/mol. The number of hydrogen-bond acceptors (Lipinski definition) is 5. The van der Waals surface area contributed by atoms with Crippen LogP contribution in [0.3, 0.4) is 0 Å². The number of rotatable bonds is 4. The van der Waals surface area contributed by atoms with Crippen molar-refractivity contribution in [1.29, 1.82) is 0 Å². The van der Waals surface area contributed by atoms with E-state index < -0.39 is 21.9 Å². The van der Waals surface area contributed by atoms with Gasteiger partial charge in [0.05, 0.1) is 11.5 Å². The Kier molecular flexibility index (Phi) is 4.97. The van der Waals surface area contributed by atoms with Gasteiger partial charge in [0, 0.05) is 19.5 Å². The van der Waals surface area contributed by atoms with Crippen molar-refractivity contribution in [3.63, 3.8) is 0 Å². The number of Topliss-reactive ketones (excluding diaryl/α,β-unsaturated/α-hetero) is 1. The standard InChI is InChI=1S/C15H19NO5S/c1-3-21-15(18)13-10-16(9-8-14(13)17)22(19,20)12-6-4-11(2)5-7-12/h4-7,13H,3,8-10H2,1-2H3/t13-/m1/s1. The van der Waals surface area contributed by atoms with Crippen LogP contribution in [0.2, 0.25) is 0 Å². The van der Waals surface area contributed by atoms with Gasteiger partial charge in [-0.05, 0) is 26.0 Å². The van der Waals surface area contributed by atoms with E-state index in [2.05, 4.69) is 0 Å². The minimum atomic E-state index is -3.71. The SMILES string of the molecule is CCOC(=O)[C@@H]1CN(S(=O)(=O)c2ccc(C)cc2)CCC1=O. The Labute approximate surface area is 130 Å². The molecule has 1 heterocycles. The zero-order valence-corrected chi connectivity index (χ0v) is 13.4. The van der Waals surface area contributed by atoms with Crippen LogP contribution in [0.4, 0.5) is 0 Å². The zero-order chi connectivity index (χ0) is 16.3. The third-order valence-electron chi connectivity index (χ3n) is 3.61. The number of carbonyl (C=O) groups is 2. The van der Waals surface area contributed by atoms with Crippen molar-refractivity contribution in [1.82, 2.24) is 4.31 Å². The number of esters is 1. The molecule has 1 atom stereocenters. The van der Waals surface area contributed by atoms with Crippen molar-refractivity contribution < 1.29 is 22.7 Å². The lowest BCUT2D eigenvalue weighted by Gasteiger charge is -2.29. The lowest BCUT2D eigenvalue weighted by atomic mass is 9.98. The quantitative estimate of drug-likeness (QED) is 0.612. The van der Waals surface area contributed by atoms with Gasteiger partial charge in [0.15, 0.2) is 0 Å². The molecule has 0 aromatic heterocycles. The normalized spacial score (nSPS) is 19.9. The molecule has 22 heavy (non-hydrogen) atoms. The highest BCUT2D eigenvalue weighted by Crippen LogP contribution is 2.23. The van der Waals surface area contributed by atoms with Crippen molar-refractivity contribution in [3.05, 3.63) is 29.8 Å². The average Bonchev–Trinajstić information content (AvgIpc) is 2.48. The van der Waals surface area contributed by atoms with E-state index in [1.165, 1.54) is 16.4 Å². The summed E-state index contributed by atoms with van der Waals surface area (Å²) in [6, 6.07) is 6.48. The molecule has 0 N–H and O–H groups in total. The van der Waals surface area contributed by atoms with Crippen molar-refractivity contribution in [2.45, 2.75) is 25.2 Å². The number of ketones is 1. The zero-order valence-electron chi connectivity index (χ0n) is 12.6. The number of sulfonamides is 1. The number of piperidine rings is 1. The summed E-state index contributed by atoms with van der Waals surface area (Å²) in [6.07, 6.45) is 0.0224. The smallest absolute Gasteiger partial charge is 0.317 e. The number of ether oxygens (including phenoxy) is 1. The fourth-order valence-electron chi connectivity index (χ4n) is 2.33. The topological polar surface area (TPSA) is 80.8 Å². The minimum Gasteiger partial charge on any atom is -0.465 e. The van der Waals surface area contributed by atoms with Crippen LogP contribution in [0.1, 0.15) is 18.9 Å². The van der Waals surface area contributed by atoms with E-state index >= 15 is 0 Å². The van der Waals surface area contributed by atoms with Gasteiger partial charge in [-0.3, -0.25) is 9.59 Å². The Bertz CT molecular complexity index is 666. The maximum absolute atomic E-state index is 12.6. The Morgan fingerprint density at radius 2 is 1.95 bits per heavy atom. The average molecular weight is 325 g/mol. The molecule has 1 aromatic rings. The molecular weight excluding hydrogens is 306 g/mol. The highest BCUT2D eigenvalue weighted by molar-refractivity contribution is 7.89. The van der Waals surface area contributed by atoms with Gasteiger partial charge in [-0.2, -0.15) is 4.31 Å². The van der Waals surface area contributed by atoms with Gasteiger partial charge in [0.2, 0.25) is 10.0 Å². The van der Waals surface area contributed by atoms with Crippen LogP contribution in [0, 0.1) is 12.8 Å². The van der Waals surface area contributed by atoms with Gasteiger partial charge in [-0.15, -0.1) is 0 Å². The van der Waals surface area contributed by atoms with Crippen LogP contribution >= 0.6 is 0 Å². The molecular formula is C15H19NO5S. The first-order valence-corrected chi connectivity index (χ1v) is 8.56. The van der Waals surface area contributed by atoms with Gasteiger partial charge in [-0.25, -0.2) is 8.42 Å². The van der Waals surface area contributed by atoms with Crippen molar-refractivity contribution in [2.24, 2.45) is 5.92 Å². The fraction of sp³-hybridized carbons (Fsp3) is 0.467. The molecule has 1 aromatic carbocycles. The molecule has 0 bridgehead atoms. The number of hydrogen-bond donors (Lipinski definition) is 0. The molecule has 1 aliphatic rings. The van der Waals surface area contributed by atoms with Crippen molar-refractivity contribution in [2.75, 3.05) is 19.7 Å². The summed E-state index contributed by atoms with van der Waals surface area (Å²) in [5, 5.41) is 0. The Balaban J connectivity index is 2.23. The second-order valence-corrected chi connectivity index (χ2v) is 7.13. The lowest BCUT2D eigenvalue weighted by Crippen LogP contribution is -2.47. The van der Waals surface area contributed by atoms with Gasteiger partial charge < -0.3 is 4.74 Å². The molecule has 1 aliphatic heterocycles. The number of carbonyl (C=O) groups excluding carboxylic acids is 2. The molecule has 120 valence electrons. The Morgan fingerprint density at radius 3 is 2.55 bits per heavy atom.